The maximum atomic E-state index is 10.4. The second-order valence-corrected chi connectivity index (χ2v) is 4.14. The van der Waals surface area contributed by atoms with Gasteiger partial charge in [0.25, 0.3) is 0 Å². The lowest BCUT2D eigenvalue weighted by atomic mass is 9.92. The molecule has 0 unspecified atom stereocenters. The van der Waals surface area contributed by atoms with E-state index in [1.165, 1.54) is 12.8 Å². The van der Waals surface area contributed by atoms with Crippen LogP contribution in [-0.4, -0.2) is 30.3 Å². The van der Waals surface area contributed by atoms with E-state index in [1.54, 1.807) is 0 Å². The molecule has 13 heavy (non-hydrogen) atoms. The smallest absolute Gasteiger partial charge is 0.404 e. The van der Waals surface area contributed by atoms with Crippen molar-refractivity contribution in [3.8, 4) is 0 Å². The Balaban J connectivity index is 1.80. The molecule has 3 N–H and O–H groups in total. The molecule has 1 aliphatic heterocycles. The van der Waals surface area contributed by atoms with E-state index in [0.29, 0.717) is 5.92 Å². The molecule has 1 aliphatic carbocycles. The van der Waals surface area contributed by atoms with E-state index in [-0.39, 0.29) is 6.04 Å². The third-order valence-electron chi connectivity index (χ3n) is 3.00. The zero-order valence-corrected chi connectivity index (χ0v) is 7.62. The molecular formula is C9H16N2O2. The Hall–Kier alpha value is -0.770. The minimum absolute atomic E-state index is 0.122. The molecule has 1 saturated carbocycles. The molecule has 1 amide bonds. The minimum atomic E-state index is -0.900. The average molecular weight is 184 g/mol. The number of nitrogens with one attached hydrogen (secondary N) is 2. The number of amides is 1. The van der Waals surface area contributed by atoms with Gasteiger partial charge in [0.1, 0.15) is 0 Å². The molecular weight excluding hydrogens is 168 g/mol. The van der Waals surface area contributed by atoms with E-state index in [9.17, 15) is 4.79 Å². The van der Waals surface area contributed by atoms with Gasteiger partial charge in [0, 0.05) is 12.6 Å². The first-order valence-corrected chi connectivity index (χ1v) is 4.96. The molecule has 0 aromatic heterocycles. The third kappa shape index (κ3) is 2.34. The van der Waals surface area contributed by atoms with Gasteiger partial charge in [-0.05, 0) is 37.6 Å². The van der Waals surface area contributed by atoms with Crippen LogP contribution in [0.15, 0.2) is 0 Å². The van der Waals surface area contributed by atoms with Gasteiger partial charge in [-0.2, -0.15) is 0 Å². The van der Waals surface area contributed by atoms with Crippen molar-refractivity contribution >= 4 is 6.09 Å². The van der Waals surface area contributed by atoms with Gasteiger partial charge in [0.15, 0.2) is 0 Å². The van der Waals surface area contributed by atoms with E-state index in [2.05, 4.69) is 10.6 Å². The van der Waals surface area contributed by atoms with Crippen LogP contribution < -0.4 is 10.6 Å². The van der Waals surface area contributed by atoms with Crippen LogP contribution in [0.1, 0.15) is 19.3 Å². The van der Waals surface area contributed by atoms with Crippen molar-refractivity contribution in [2.24, 2.45) is 11.8 Å². The van der Waals surface area contributed by atoms with Gasteiger partial charge < -0.3 is 15.7 Å². The van der Waals surface area contributed by atoms with Crippen LogP contribution in [0.25, 0.3) is 0 Å². The van der Waals surface area contributed by atoms with Crippen molar-refractivity contribution < 1.29 is 9.90 Å². The molecule has 0 radical (unpaired) electrons. The molecule has 1 saturated heterocycles. The average Bonchev–Trinajstić information content (AvgIpc) is 2.85. The van der Waals surface area contributed by atoms with Crippen LogP contribution in [-0.2, 0) is 0 Å². The lowest BCUT2D eigenvalue weighted by Gasteiger charge is -2.29. The van der Waals surface area contributed by atoms with Gasteiger partial charge in [0.2, 0.25) is 0 Å². The lowest BCUT2D eigenvalue weighted by Crippen LogP contribution is -2.48. The van der Waals surface area contributed by atoms with E-state index in [1.807, 2.05) is 0 Å². The van der Waals surface area contributed by atoms with Gasteiger partial charge in [-0.25, -0.2) is 4.79 Å². The molecule has 2 atom stereocenters. The predicted octanol–water partition coefficient (Wildman–Crippen LogP) is 0.642. The maximum Gasteiger partial charge on any atom is 0.404 e. The molecule has 0 aromatic rings. The quantitative estimate of drug-likeness (QED) is 0.590. The monoisotopic (exact) mass is 184 g/mol. The summed E-state index contributed by atoms with van der Waals surface area (Å²) in [6.45, 7) is 1.86. The number of carboxylic acid groups (broad SMARTS) is 1. The van der Waals surface area contributed by atoms with Crippen LogP contribution in [0, 0.1) is 11.8 Å². The van der Waals surface area contributed by atoms with Crippen LogP contribution in [0.3, 0.4) is 0 Å². The van der Waals surface area contributed by atoms with E-state index in [4.69, 9.17) is 5.11 Å². The minimum Gasteiger partial charge on any atom is -0.465 e. The molecule has 4 heteroatoms. The van der Waals surface area contributed by atoms with Gasteiger partial charge in [-0.1, -0.05) is 0 Å². The van der Waals surface area contributed by atoms with Crippen LogP contribution in [0.2, 0.25) is 0 Å². The highest BCUT2D eigenvalue weighted by Crippen LogP contribution is 2.39. The molecule has 2 fully saturated rings. The van der Waals surface area contributed by atoms with E-state index in [0.717, 1.165) is 25.4 Å². The van der Waals surface area contributed by atoms with Crippen molar-refractivity contribution in [2.75, 3.05) is 13.1 Å². The van der Waals surface area contributed by atoms with Gasteiger partial charge in [-0.15, -0.1) is 0 Å². The Bertz CT molecular complexity index is 204. The summed E-state index contributed by atoms with van der Waals surface area (Å²) >= 11 is 0. The largest absolute Gasteiger partial charge is 0.465 e. The summed E-state index contributed by atoms with van der Waals surface area (Å²) in [6.07, 6.45) is 2.80. The molecule has 2 rings (SSSR count). The second-order valence-electron chi connectivity index (χ2n) is 4.14. The molecule has 0 aromatic carbocycles. The fraction of sp³-hybridized carbons (Fsp3) is 0.889. The van der Waals surface area contributed by atoms with Crippen LogP contribution in [0.4, 0.5) is 4.79 Å². The number of hydrogen-bond donors (Lipinski definition) is 3. The molecule has 4 nitrogen and oxygen atoms in total. The fourth-order valence-corrected chi connectivity index (χ4v) is 2.19. The zero-order valence-electron chi connectivity index (χ0n) is 7.62. The SMILES string of the molecule is O=C(O)N[C@@H]1CNC[C@H](C2CC2)C1. The van der Waals surface area contributed by atoms with Gasteiger partial charge in [-0.3, -0.25) is 0 Å². The highest BCUT2D eigenvalue weighted by atomic mass is 16.4. The summed E-state index contributed by atoms with van der Waals surface area (Å²) < 4.78 is 0. The Morgan fingerprint density at radius 3 is 2.69 bits per heavy atom. The normalized spacial score (nSPS) is 34.2. The number of carbonyl (C=O) groups is 1. The topological polar surface area (TPSA) is 61.4 Å². The van der Waals surface area contributed by atoms with Gasteiger partial charge >= 0.3 is 6.09 Å². The summed E-state index contributed by atoms with van der Waals surface area (Å²) in [4.78, 5) is 10.4. The Morgan fingerprint density at radius 1 is 1.31 bits per heavy atom. The first-order valence-electron chi connectivity index (χ1n) is 4.96. The predicted molar refractivity (Wildman–Crippen MR) is 48.6 cm³/mol. The van der Waals surface area contributed by atoms with Crippen molar-refractivity contribution in [1.82, 2.24) is 10.6 Å². The van der Waals surface area contributed by atoms with Crippen LogP contribution in [0.5, 0.6) is 0 Å². The summed E-state index contributed by atoms with van der Waals surface area (Å²) in [5.41, 5.74) is 0. The summed E-state index contributed by atoms with van der Waals surface area (Å²) in [5.74, 6) is 1.57. The summed E-state index contributed by atoms with van der Waals surface area (Å²) in [7, 11) is 0. The molecule has 0 bridgehead atoms. The number of piperidine rings is 1. The van der Waals surface area contributed by atoms with Crippen molar-refractivity contribution in [1.29, 1.82) is 0 Å². The molecule has 0 spiro atoms. The Labute approximate surface area is 77.7 Å². The first-order chi connectivity index (χ1) is 6.25. The number of hydrogen-bond acceptors (Lipinski definition) is 2. The molecule has 1 heterocycles. The zero-order chi connectivity index (χ0) is 9.26. The lowest BCUT2D eigenvalue weighted by molar-refractivity contribution is 0.181. The van der Waals surface area contributed by atoms with Crippen LogP contribution >= 0.6 is 0 Å². The van der Waals surface area contributed by atoms with Crippen molar-refractivity contribution in [2.45, 2.75) is 25.3 Å². The fourth-order valence-electron chi connectivity index (χ4n) is 2.19. The Morgan fingerprint density at radius 2 is 2.08 bits per heavy atom. The standard InChI is InChI=1S/C9H16N2O2/c12-9(13)11-8-3-7(4-10-5-8)6-1-2-6/h6-8,10-11H,1-5H2,(H,12,13)/t7-,8+/m1/s1. The molecule has 74 valence electrons. The first kappa shape index (κ1) is 8.81. The van der Waals surface area contributed by atoms with Crippen molar-refractivity contribution in [3.05, 3.63) is 0 Å². The highest BCUT2D eigenvalue weighted by Gasteiger charge is 2.34. The summed E-state index contributed by atoms with van der Waals surface area (Å²) in [6, 6.07) is 0.122. The summed E-state index contributed by atoms with van der Waals surface area (Å²) in [5, 5.41) is 14.4. The molecule has 2 aliphatic rings. The van der Waals surface area contributed by atoms with E-state index < -0.39 is 6.09 Å². The maximum absolute atomic E-state index is 10.4. The van der Waals surface area contributed by atoms with Crippen molar-refractivity contribution in [3.63, 3.8) is 0 Å². The van der Waals surface area contributed by atoms with E-state index >= 15 is 0 Å². The third-order valence-corrected chi connectivity index (χ3v) is 3.00. The Kier molecular flexibility index (Phi) is 2.40. The second kappa shape index (κ2) is 3.54. The van der Waals surface area contributed by atoms with Gasteiger partial charge in [0.05, 0.1) is 0 Å². The highest BCUT2D eigenvalue weighted by molar-refractivity contribution is 5.64. The number of rotatable bonds is 2.